The predicted molar refractivity (Wildman–Crippen MR) is 103 cm³/mol. The first-order chi connectivity index (χ1) is 13.2. The molecule has 2 aliphatic heterocycles. The van der Waals surface area contributed by atoms with Crippen LogP contribution in [0.2, 0.25) is 0 Å². The van der Waals surface area contributed by atoms with E-state index in [1.165, 1.54) is 32.1 Å². The third kappa shape index (κ3) is 2.69. The number of phenolic OH excluding ortho intramolecular Hbond substituents is 1. The second-order valence-electron chi connectivity index (χ2n) is 7.70. The van der Waals surface area contributed by atoms with E-state index in [0.29, 0.717) is 30.5 Å². The molecule has 0 amide bonds. The number of rotatable bonds is 2. The number of anilines is 1. The fraction of sp³-hybridized carbons (Fsp3) is 0.524. The van der Waals surface area contributed by atoms with Crippen molar-refractivity contribution in [3.05, 3.63) is 23.3 Å². The van der Waals surface area contributed by atoms with Gasteiger partial charge in [0.05, 0.1) is 13.2 Å². The highest BCUT2D eigenvalue weighted by atomic mass is 16.5. The highest BCUT2D eigenvalue weighted by Gasteiger charge is 2.31. The van der Waals surface area contributed by atoms with Crippen molar-refractivity contribution in [2.24, 2.45) is 0 Å². The van der Waals surface area contributed by atoms with E-state index in [2.05, 4.69) is 15.1 Å². The molecule has 1 saturated carbocycles. The molecule has 0 unspecified atom stereocenters. The van der Waals surface area contributed by atoms with Gasteiger partial charge in [-0.25, -0.2) is 0 Å². The Balaban J connectivity index is 1.55. The van der Waals surface area contributed by atoms with Gasteiger partial charge in [0.25, 0.3) is 0 Å². The first kappa shape index (κ1) is 16.7. The molecule has 5 rings (SSSR count). The van der Waals surface area contributed by atoms with Gasteiger partial charge in [-0.1, -0.05) is 19.3 Å². The fourth-order valence-electron chi connectivity index (χ4n) is 4.66. The zero-order chi connectivity index (χ0) is 18.4. The van der Waals surface area contributed by atoms with Gasteiger partial charge in [0, 0.05) is 29.2 Å². The van der Waals surface area contributed by atoms with Gasteiger partial charge in [-0.3, -0.25) is 0 Å². The zero-order valence-electron chi connectivity index (χ0n) is 15.7. The summed E-state index contributed by atoms with van der Waals surface area (Å²) in [5.41, 5.74) is 3.18. The molecule has 3 aliphatic rings. The smallest absolute Gasteiger partial charge is 0.194 e. The average molecular weight is 367 g/mol. The van der Waals surface area contributed by atoms with Gasteiger partial charge in [0.1, 0.15) is 23.8 Å². The van der Waals surface area contributed by atoms with Gasteiger partial charge >= 0.3 is 0 Å². The molecular weight excluding hydrogens is 342 g/mol. The minimum Gasteiger partial charge on any atom is -0.507 e. The number of ether oxygens (including phenoxy) is 2. The highest BCUT2D eigenvalue weighted by molar-refractivity contribution is 5.77. The molecule has 1 aromatic heterocycles. The van der Waals surface area contributed by atoms with E-state index in [9.17, 15) is 5.11 Å². The molecule has 0 bridgehead atoms. The Hall–Kier alpha value is -2.50. The van der Waals surface area contributed by atoms with Gasteiger partial charge in [-0.05, 0) is 31.9 Å². The van der Waals surface area contributed by atoms with Crippen LogP contribution < -0.4 is 14.4 Å². The molecule has 6 heteroatoms. The van der Waals surface area contributed by atoms with Crippen LogP contribution in [-0.4, -0.2) is 41.1 Å². The zero-order valence-corrected chi connectivity index (χ0v) is 15.7. The highest BCUT2D eigenvalue weighted by Crippen LogP contribution is 2.44. The number of aromatic nitrogens is 2. The maximum Gasteiger partial charge on any atom is 0.194 e. The van der Waals surface area contributed by atoms with Crippen LogP contribution in [-0.2, 0) is 6.42 Å². The van der Waals surface area contributed by atoms with E-state index in [-0.39, 0.29) is 5.75 Å². The summed E-state index contributed by atoms with van der Waals surface area (Å²) in [4.78, 5) is 2.39. The summed E-state index contributed by atoms with van der Waals surface area (Å²) in [6.07, 6.45) is 7.05. The molecule has 3 heterocycles. The van der Waals surface area contributed by atoms with Gasteiger partial charge < -0.3 is 19.5 Å². The van der Waals surface area contributed by atoms with E-state index in [1.807, 2.05) is 19.1 Å². The second-order valence-corrected chi connectivity index (χ2v) is 7.70. The summed E-state index contributed by atoms with van der Waals surface area (Å²) >= 11 is 0. The van der Waals surface area contributed by atoms with Crippen molar-refractivity contribution in [3.8, 4) is 28.5 Å². The van der Waals surface area contributed by atoms with Crippen LogP contribution in [0.4, 0.5) is 5.82 Å². The minimum absolute atomic E-state index is 0.252. The fourth-order valence-corrected chi connectivity index (χ4v) is 4.66. The molecular formula is C21H25N3O3. The number of phenols is 1. The quantitative estimate of drug-likeness (QED) is 0.874. The molecule has 142 valence electrons. The summed E-state index contributed by atoms with van der Waals surface area (Å²) in [7, 11) is 0. The Morgan fingerprint density at radius 3 is 2.78 bits per heavy atom. The number of aromatic hydroxyl groups is 1. The third-order valence-corrected chi connectivity index (χ3v) is 6.11. The van der Waals surface area contributed by atoms with Gasteiger partial charge in [0.15, 0.2) is 11.6 Å². The minimum atomic E-state index is 0.252. The van der Waals surface area contributed by atoms with E-state index < -0.39 is 0 Å². The van der Waals surface area contributed by atoms with E-state index in [0.717, 1.165) is 41.4 Å². The summed E-state index contributed by atoms with van der Waals surface area (Å²) in [6.45, 7) is 4.16. The van der Waals surface area contributed by atoms with Crippen LogP contribution in [0.1, 0.15) is 43.2 Å². The molecule has 0 spiro atoms. The Morgan fingerprint density at radius 2 is 1.93 bits per heavy atom. The third-order valence-electron chi connectivity index (χ3n) is 6.11. The lowest BCUT2D eigenvalue weighted by Gasteiger charge is -2.38. The maximum atomic E-state index is 10.7. The van der Waals surface area contributed by atoms with Crippen LogP contribution in [0.5, 0.6) is 17.2 Å². The van der Waals surface area contributed by atoms with Crippen molar-refractivity contribution < 1.29 is 14.6 Å². The first-order valence-electron chi connectivity index (χ1n) is 9.99. The molecule has 27 heavy (non-hydrogen) atoms. The lowest BCUT2D eigenvalue weighted by molar-refractivity contribution is 0.283. The van der Waals surface area contributed by atoms with Crippen molar-refractivity contribution in [1.29, 1.82) is 0 Å². The Bertz CT molecular complexity index is 877. The van der Waals surface area contributed by atoms with E-state index in [1.54, 1.807) is 0 Å². The monoisotopic (exact) mass is 367 g/mol. The average Bonchev–Trinajstić information content (AvgIpc) is 3.19. The normalized spacial score (nSPS) is 19.2. The summed E-state index contributed by atoms with van der Waals surface area (Å²) in [5, 5.41) is 19.8. The standard InChI is InChI=1S/C21H25N3O3/c1-13-18(16-7-8-17-15(19(16)25)9-11-26-17)22-23-21-20(13)27-12-10-24(21)14-5-3-2-4-6-14/h7-8,14,25H,2-6,9-12H2,1H3. The van der Waals surface area contributed by atoms with Crippen molar-refractivity contribution in [1.82, 2.24) is 10.2 Å². The van der Waals surface area contributed by atoms with Crippen LogP contribution >= 0.6 is 0 Å². The Morgan fingerprint density at radius 1 is 1.07 bits per heavy atom. The molecule has 1 fully saturated rings. The maximum absolute atomic E-state index is 10.7. The van der Waals surface area contributed by atoms with Crippen molar-refractivity contribution >= 4 is 5.82 Å². The lowest BCUT2D eigenvalue weighted by Crippen LogP contribution is -2.43. The van der Waals surface area contributed by atoms with Gasteiger partial charge in [-0.15, -0.1) is 10.2 Å². The van der Waals surface area contributed by atoms with Crippen molar-refractivity contribution in [2.75, 3.05) is 24.7 Å². The molecule has 1 aromatic carbocycles. The van der Waals surface area contributed by atoms with Crippen LogP contribution in [0.25, 0.3) is 11.3 Å². The summed E-state index contributed by atoms with van der Waals surface area (Å²) in [6, 6.07) is 4.31. The molecule has 1 N–H and O–H groups in total. The first-order valence-corrected chi connectivity index (χ1v) is 9.99. The lowest BCUT2D eigenvalue weighted by atomic mass is 9.93. The number of hydrogen-bond acceptors (Lipinski definition) is 6. The van der Waals surface area contributed by atoms with E-state index in [4.69, 9.17) is 9.47 Å². The summed E-state index contributed by atoms with van der Waals surface area (Å²) in [5.74, 6) is 2.69. The second kappa shape index (κ2) is 6.59. The number of nitrogens with zero attached hydrogens (tertiary/aromatic N) is 3. The molecule has 0 saturated heterocycles. The molecule has 6 nitrogen and oxygen atoms in total. The van der Waals surface area contributed by atoms with Crippen molar-refractivity contribution in [2.45, 2.75) is 51.5 Å². The Labute approximate surface area is 159 Å². The predicted octanol–water partition coefficient (Wildman–Crippen LogP) is 3.62. The largest absolute Gasteiger partial charge is 0.507 e. The number of hydrogen-bond donors (Lipinski definition) is 1. The Kier molecular flexibility index (Phi) is 4.06. The van der Waals surface area contributed by atoms with Gasteiger partial charge in [0.2, 0.25) is 0 Å². The molecule has 2 aromatic rings. The van der Waals surface area contributed by atoms with Crippen molar-refractivity contribution in [3.63, 3.8) is 0 Å². The number of fused-ring (bicyclic) bond motifs is 2. The molecule has 0 radical (unpaired) electrons. The summed E-state index contributed by atoms with van der Waals surface area (Å²) < 4.78 is 11.6. The number of benzene rings is 1. The van der Waals surface area contributed by atoms with E-state index >= 15 is 0 Å². The van der Waals surface area contributed by atoms with Crippen LogP contribution in [0.3, 0.4) is 0 Å². The van der Waals surface area contributed by atoms with Gasteiger partial charge in [-0.2, -0.15) is 0 Å². The van der Waals surface area contributed by atoms with Crippen LogP contribution in [0.15, 0.2) is 12.1 Å². The SMILES string of the molecule is Cc1c(-c2ccc3c(c2O)CCO3)nnc2c1OCCN2C1CCCCC1. The molecule has 1 aliphatic carbocycles. The molecule has 0 atom stereocenters. The van der Waals surface area contributed by atoms with Crippen LogP contribution in [0, 0.1) is 6.92 Å². The topological polar surface area (TPSA) is 67.7 Å².